The molecule has 2 N–H and O–H groups in total. The van der Waals surface area contributed by atoms with E-state index in [0.29, 0.717) is 0 Å². The zero-order valence-corrected chi connectivity index (χ0v) is 18.3. The molecule has 2 aromatic heterocycles. The van der Waals surface area contributed by atoms with Gasteiger partial charge >= 0.3 is 0 Å². The number of aromatic nitrogens is 2. The van der Waals surface area contributed by atoms with Crippen LogP contribution in [0.3, 0.4) is 0 Å². The number of nitrogens with one attached hydrogen (secondary N) is 2. The molecule has 5 nitrogen and oxygen atoms in total. The Balaban J connectivity index is 1.43. The second kappa shape index (κ2) is 8.19. The second-order valence-corrected chi connectivity index (χ2v) is 9.79. The van der Waals surface area contributed by atoms with Crippen LogP contribution in [0.25, 0.3) is 31.4 Å². The molecule has 0 radical (unpaired) electrons. The number of H-pyrrole nitrogens is 1. The van der Waals surface area contributed by atoms with Crippen molar-refractivity contribution in [1.29, 1.82) is 0 Å². The number of nitrogens with zero attached hydrogens (tertiary/aromatic N) is 1. The van der Waals surface area contributed by atoms with Crippen LogP contribution in [0.1, 0.15) is 5.56 Å². The Hall–Kier alpha value is -3.13. The fraction of sp³-hybridized carbons (Fsp3) is 0.0833. The highest BCUT2D eigenvalue weighted by atomic mass is 32.2. The maximum absolute atomic E-state index is 12.7. The topological polar surface area (TPSA) is 80.8 Å². The zero-order valence-electron chi connectivity index (χ0n) is 16.7. The van der Waals surface area contributed by atoms with Gasteiger partial charge < -0.3 is 9.87 Å². The lowest BCUT2D eigenvalue weighted by molar-refractivity contribution is -0.115. The molecule has 0 spiro atoms. The molecule has 5 aromatic rings. The Kier molecular flexibility index (Phi) is 5.23. The van der Waals surface area contributed by atoms with Crippen LogP contribution in [-0.2, 0) is 22.4 Å². The van der Waals surface area contributed by atoms with Gasteiger partial charge in [-0.3, -0.25) is 9.89 Å². The van der Waals surface area contributed by atoms with E-state index in [-0.39, 0.29) is 12.3 Å². The van der Waals surface area contributed by atoms with Crippen molar-refractivity contribution in [3.05, 3.63) is 78.5 Å². The van der Waals surface area contributed by atoms with E-state index in [1.807, 2.05) is 36.4 Å². The number of hydrogen-bond acceptors (Lipinski definition) is 4. The van der Waals surface area contributed by atoms with Crippen LogP contribution in [0, 0.1) is 0 Å². The third-order valence-corrected chi connectivity index (χ3v) is 7.23. The highest BCUT2D eigenvalue weighted by Gasteiger charge is 2.13. The van der Waals surface area contributed by atoms with E-state index in [1.54, 1.807) is 35.9 Å². The van der Waals surface area contributed by atoms with Crippen molar-refractivity contribution >= 4 is 55.1 Å². The first kappa shape index (κ1) is 19.8. The number of rotatable bonds is 5. The average Bonchev–Trinajstić information content (AvgIpc) is 3.40. The van der Waals surface area contributed by atoms with Crippen molar-refractivity contribution < 1.29 is 9.35 Å². The molecule has 0 saturated carbocycles. The molecule has 3 aromatic carbocycles. The molecule has 154 valence electrons. The van der Waals surface area contributed by atoms with Crippen LogP contribution in [0.2, 0.25) is 0 Å². The number of carbonyl (C=O) groups is 1. The van der Waals surface area contributed by atoms with Gasteiger partial charge in [-0.15, -0.1) is 11.3 Å². The Morgan fingerprint density at radius 2 is 1.90 bits per heavy atom. The van der Waals surface area contributed by atoms with Crippen LogP contribution in [-0.4, -0.2) is 26.9 Å². The Morgan fingerprint density at radius 3 is 2.68 bits per heavy atom. The number of thiophene rings is 1. The quantitative estimate of drug-likeness (QED) is 0.357. The van der Waals surface area contributed by atoms with Crippen molar-refractivity contribution in [1.82, 2.24) is 10.2 Å². The number of hydrogen-bond donors (Lipinski definition) is 2. The summed E-state index contributed by atoms with van der Waals surface area (Å²) in [6.07, 6.45) is 3.66. The summed E-state index contributed by atoms with van der Waals surface area (Å²) in [6, 6.07) is 21.7. The summed E-state index contributed by atoms with van der Waals surface area (Å²) in [7, 11) is 0. The minimum atomic E-state index is -1.03. The molecule has 2 heterocycles. The van der Waals surface area contributed by atoms with Gasteiger partial charge in [-0.25, -0.2) is 0 Å². The average molecular weight is 446 g/mol. The fourth-order valence-corrected chi connectivity index (χ4v) is 5.23. The smallest absolute Gasteiger partial charge is 0.228 e. The molecular formula is C24H19N3O2S2. The first-order valence-corrected chi connectivity index (χ1v) is 12.1. The van der Waals surface area contributed by atoms with Crippen molar-refractivity contribution in [2.24, 2.45) is 0 Å². The molecule has 31 heavy (non-hydrogen) atoms. The molecule has 1 unspecified atom stereocenters. The SMILES string of the molecule is C[S+]([O-])c1ccc(CC(=O)Nc2cc(-c3cc4ccccc4s3)c3[nH]ncc3c2)cc1. The van der Waals surface area contributed by atoms with Crippen LogP contribution in [0.15, 0.2) is 77.8 Å². The molecule has 5 rings (SSSR count). The largest absolute Gasteiger partial charge is 0.612 e. The third-order valence-electron chi connectivity index (χ3n) is 5.14. The van der Waals surface area contributed by atoms with Gasteiger partial charge in [-0.1, -0.05) is 30.3 Å². The zero-order chi connectivity index (χ0) is 21.4. The Bertz CT molecular complexity index is 1350. The molecule has 0 aliphatic heterocycles. The summed E-state index contributed by atoms with van der Waals surface area (Å²) in [5.41, 5.74) is 3.58. The van der Waals surface area contributed by atoms with Gasteiger partial charge in [0.1, 0.15) is 6.26 Å². The van der Waals surface area contributed by atoms with E-state index in [1.165, 1.54) is 10.1 Å². The van der Waals surface area contributed by atoms with Gasteiger partial charge in [0.15, 0.2) is 4.90 Å². The predicted molar refractivity (Wildman–Crippen MR) is 128 cm³/mol. The van der Waals surface area contributed by atoms with Gasteiger partial charge in [-0.2, -0.15) is 5.10 Å². The van der Waals surface area contributed by atoms with Crippen LogP contribution >= 0.6 is 11.3 Å². The molecule has 0 saturated heterocycles. The molecule has 1 atom stereocenters. The minimum Gasteiger partial charge on any atom is -0.612 e. The van der Waals surface area contributed by atoms with Gasteiger partial charge in [0.2, 0.25) is 5.91 Å². The first-order valence-electron chi connectivity index (χ1n) is 9.75. The molecule has 0 fully saturated rings. The highest BCUT2D eigenvalue weighted by molar-refractivity contribution is 7.90. The maximum atomic E-state index is 12.7. The van der Waals surface area contributed by atoms with E-state index in [4.69, 9.17) is 0 Å². The van der Waals surface area contributed by atoms with Crippen molar-refractivity contribution in [2.45, 2.75) is 11.3 Å². The summed E-state index contributed by atoms with van der Waals surface area (Å²) < 4.78 is 12.8. The number of benzene rings is 3. The summed E-state index contributed by atoms with van der Waals surface area (Å²) in [5.74, 6) is -0.101. The van der Waals surface area contributed by atoms with E-state index in [2.05, 4.69) is 33.7 Å². The highest BCUT2D eigenvalue weighted by Crippen LogP contribution is 2.38. The van der Waals surface area contributed by atoms with Crippen LogP contribution < -0.4 is 5.32 Å². The van der Waals surface area contributed by atoms with Gasteiger partial charge in [0, 0.05) is 26.2 Å². The van der Waals surface area contributed by atoms with Gasteiger partial charge in [-0.05, 0) is 58.5 Å². The second-order valence-electron chi connectivity index (χ2n) is 7.33. The number of anilines is 1. The molecular weight excluding hydrogens is 426 g/mol. The van der Waals surface area contributed by atoms with Crippen LogP contribution in [0.5, 0.6) is 0 Å². The monoisotopic (exact) mass is 445 g/mol. The lowest BCUT2D eigenvalue weighted by atomic mass is 10.1. The predicted octanol–water partition coefficient (Wildman–Crippen LogP) is 5.36. The molecule has 7 heteroatoms. The standard InChI is InChI=1S/C24H19N3O2S2/c1-31(29)19-8-6-15(7-9-19)10-23(28)26-18-11-17-14-25-27-24(17)20(13-18)22-12-16-4-2-3-5-21(16)30-22/h2-9,11-14H,10H2,1H3,(H,25,27)(H,26,28). The minimum absolute atomic E-state index is 0.101. The van der Waals surface area contributed by atoms with E-state index in [0.717, 1.165) is 37.5 Å². The fourth-order valence-electron chi connectivity index (χ4n) is 3.63. The van der Waals surface area contributed by atoms with Crippen LogP contribution in [0.4, 0.5) is 5.69 Å². The summed E-state index contributed by atoms with van der Waals surface area (Å²) in [4.78, 5) is 14.5. The number of amides is 1. The lowest BCUT2D eigenvalue weighted by Gasteiger charge is -2.09. The number of carbonyl (C=O) groups excluding carboxylic acids is 1. The summed E-state index contributed by atoms with van der Waals surface area (Å²) >= 11 is 0.691. The Labute approximate surface area is 186 Å². The molecule has 0 aliphatic rings. The van der Waals surface area contributed by atoms with Crippen molar-refractivity contribution in [2.75, 3.05) is 11.6 Å². The summed E-state index contributed by atoms with van der Waals surface area (Å²) in [5, 5.41) is 12.4. The first-order chi connectivity index (χ1) is 15.1. The molecule has 0 aliphatic carbocycles. The normalized spacial score (nSPS) is 12.3. The molecule has 1 amide bonds. The molecule has 0 bridgehead atoms. The lowest BCUT2D eigenvalue weighted by Crippen LogP contribution is -2.14. The van der Waals surface area contributed by atoms with Crippen molar-refractivity contribution in [3.8, 4) is 10.4 Å². The third kappa shape index (κ3) is 4.07. The van der Waals surface area contributed by atoms with Crippen molar-refractivity contribution in [3.63, 3.8) is 0 Å². The van der Waals surface area contributed by atoms with E-state index >= 15 is 0 Å². The van der Waals surface area contributed by atoms with Gasteiger partial charge in [0.25, 0.3) is 0 Å². The van der Waals surface area contributed by atoms with Gasteiger partial charge in [0.05, 0.1) is 18.1 Å². The number of fused-ring (bicyclic) bond motifs is 2. The van der Waals surface area contributed by atoms with E-state index < -0.39 is 11.2 Å². The maximum Gasteiger partial charge on any atom is 0.228 e. The Morgan fingerprint density at radius 1 is 1.10 bits per heavy atom. The summed E-state index contributed by atoms with van der Waals surface area (Å²) in [6.45, 7) is 0. The van der Waals surface area contributed by atoms with E-state index in [9.17, 15) is 9.35 Å². The number of aromatic amines is 1.